The van der Waals surface area contributed by atoms with Crippen LogP contribution in [0.3, 0.4) is 0 Å². The molecule has 3 aromatic heterocycles. The van der Waals surface area contributed by atoms with E-state index in [2.05, 4.69) is 61.1 Å². The lowest BCUT2D eigenvalue weighted by atomic mass is 9.95. The standard InChI is InChI=1S/C38H45BrN8O3/c1-22-12-13-31(39)42-36(22)43-37(50)30-17-38-21-45(5)14-10-8-6-7-9-11-26-15-27(28-18-40-25(4)41-19-28)16-29-33(24(3)48)44-46(34(26)29)20-32(49)47(30)35(38)23(38)2/h12-13,15-16,18-19,23,30,35H,6-11,14,17,20-21H2,1-5H3,(H,42,43,50)/t23-,30-,35?,38+/m0/s1. The van der Waals surface area contributed by atoms with Crippen LogP contribution >= 0.6 is 15.9 Å². The van der Waals surface area contributed by atoms with E-state index < -0.39 is 6.04 Å². The molecule has 2 bridgehead atoms. The Kier molecular flexibility index (Phi) is 9.36. The minimum Gasteiger partial charge on any atom is -0.325 e. The predicted molar refractivity (Wildman–Crippen MR) is 196 cm³/mol. The Balaban J connectivity index is 1.30. The van der Waals surface area contributed by atoms with Gasteiger partial charge in [-0.15, -0.1) is 0 Å². The summed E-state index contributed by atoms with van der Waals surface area (Å²) < 4.78 is 2.34. The fourth-order valence-corrected chi connectivity index (χ4v) is 8.84. The van der Waals surface area contributed by atoms with Gasteiger partial charge in [-0.05, 0) is 110 Å². The zero-order chi connectivity index (χ0) is 35.3. The maximum atomic E-state index is 14.7. The van der Waals surface area contributed by atoms with E-state index in [0.29, 0.717) is 28.4 Å². The van der Waals surface area contributed by atoms with Crippen LogP contribution in [0.1, 0.15) is 79.8 Å². The molecule has 12 heteroatoms. The average Bonchev–Trinajstić information content (AvgIpc) is 3.34. The van der Waals surface area contributed by atoms with Gasteiger partial charge in [0.15, 0.2) is 5.78 Å². The number of carbonyl (C=O) groups excluding carboxylic acids is 3. The summed E-state index contributed by atoms with van der Waals surface area (Å²) in [6, 6.07) is 7.13. The third-order valence-corrected chi connectivity index (χ3v) is 11.6. The molecule has 1 saturated carbocycles. The van der Waals surface area contributed by atoms with Crippen LogP contribution in [0.5, 0.6) is 0 Å². The number of amides is 2. The Hall–Kier alpha value is -4.03. The Morgan fingerprint density at radius 3 is 2.52 bits per heavy atom. The van der Waals surface area contributed by atoms with Gasteiger partial charge in [-0.2, -0.15) is 5.10 Å². The van der Waals surface area contributed by atoms with E-state index in [1.165, 1.54) is 6.92 Å². The van der Waals surface area contributed by atoms with Crippen molar-refractivity contribution >= 4 is 50.2 Å². The highest BCUT2D eigenvalue weighted by atomic mass is 79.9. The molecule has 2 aliphatic heterocycles. The van der Waals surface area contributed by atoms with E-state index in [1.54, 1.807) is 17.1 Å². The molecule has 3 aliphatic rings. The van der Waals surface area contributed by atoms with Gasteiger partial charge < -0.3 is 15.1 Å². The van der Waals surface area contributed by atoms with Crippen LogP contribution < -0.4 is 5.32 Å². The molecule has 0 radical (unpaired) electrons. The third-order valence-electron chi connectivity index (χ3n) is 11.2. The number of anilines is 1. The zero-order valence-corrected chi connectivity index (χ0v) is 31.1. The second kappa shape index (κ2) is 13.6. The van der Waals surface area contributed by atoms with Crippen molar-refractivity contribution in [2.24, 2.45) is 11.3 Å². The fourth-order valence-electron chi connectivity index (χ4n) is 8.53. The number of nitrogens with one attached hydrogen (secondary N) is 1. The van der Waals surface area contributed by atoms with E-state index >= 15 is 0 Å². The Bertz CT molecular complexity index is 1980. The fraction of sp³-hybridized carbons (Fsp3) is 0.500. The van der Waals surface area contributed by atoms with Gasteiger partial charge in [-0.25, -0.2) is 15.0 Å². The van der Waals surface area contributed by atoms with E-state index in [1.807, 2.05) is 36.9 Å². The van der Waals surface area contributed by atoms with Crippen molar-refractivity contribution in [2.45, 2.75) is 91.3 Å². The number of carbonyl (C=O) groups is 3. The lowest BCUT2D eigenvalue weighted by Crippen LogP contribution is -2.47. The van der Waals surface area contributed by atoms with Gasteiger partial charge in [0, 0.05) is 48.3 Å². The maximum absolute atomic E-state index is 14.7. The number of hydrogen-bond acceptors (Lipinski definition) is 8. The highest BCUT2D eigenvalue weighted by molar-refractivity contribution is 9.10. The van der Waals surface area contributed by atoms with Crippen molar-refractivity contribution in [1.82, 2.24) is 34.5 Å². The van der Waals surface area contributed by atoms with Crippen molar-refractivity contribution in [3.8, 4) is 11.1 Å². The molecule has 1 unspecified atom stereocenters. The molecule has 7 rings (SSSR count). The molecule has 5 heterocycles. The zero-order valence-electron chi connectivity index (χ0n) is 29.5. The number of aromatic nitrogens is 5. The summed E-state index contributed by atoms with van der Waals surface area (Å²) in [4.78, 5) is 59.4. The summed E-state index contributed by atoms with van der Waals surface area (Å²) in [6.45, 7) is 9.22. The van der Waals surface area contributed by atoms with Gasteiger partial charge in [-0.3, -0.25) is 19.1 Å². The highest BCUT2D eigenvalue weighted by Gasteiger charge is 2.72. The first-order chi connectivity index (χ1) is 24.0. The molecule has 1 aromatic carbocycles. The van der Waals surface area contributed by atoms with Crippen LogP contribution in [-0.2, 0) is 22.6 Å². The van der Waals surface area contributed by atoms with E-state index in [-0.39, 0.29) is 41.5 Å². The summed E-state index contributed by atoms with van der Waals surface area (Å²) in [6.07, 6.45) is 10.4. The molecule has 0 spiro atoms. The number of nitrogens with zero attached hydrogens (tertiary/aromatic N) is 7. The second-order valence-electron chi connectivity index (χ2n) is 14.6. The molecular weight excluding hydrogens is 696 g/mol. The second-order valence-corrected chi connectivity index (χ2v) is 15.5. The van der Waals surface area contributed by atoms with Gasteiger partial charge in [0.25, 0.3) is 0 Å². The van der Waals surface area contributed by atoms with Gasteiger partial charge in [0.2, 0.25) is 11.8 Å². The normalized spacial score (nSPS) is 24.6. The summed E-state index contributed by atoms with van der Waals surface area (Å²) in [5.74, 6) is 0.845. The van der Waals surface area contributed by atoms with Crippen LogP contribution in [0.2, 0.25) is 0 Å². The first-order valence-corrected chi connectivity index (χ1v) is 18.5. The SMILES string of the molecule is CC(=O)c1nn2c3c(cc(-c4cnc(C)nc4)cc13)CCCCCCCN(C)C[C@@]13C[C@@H](C(=O)Nc4nc(Br)ccc4C)N(C(=O)C2)C1[C@@H]3C. The minimum absolute atomic E-state index is 0.0674. The summed E-state index contributed by atoms with van der Waals surface area (Å²) in [5.41, 5.74) is 4.62. The molecule has 50 heavy (non-hydrogen) atoms. The lowest BCUT2D eigenvalue weighted by Gasteiger charge is -2.29. The van der Waals surface area contributed by atoms with Crippen LogP contribution in [0.25, 0.3) is 22.0 Å². The number of Topliss-reactive ketones (excluding diaryl/α,β-unsaturated/α-hetero) is 1. The van der Waals surface area contributed by atoms with Gasteiger partial charge in [0.1, 0.15) is 34.5 Å². The molecule has 262 valence electrons. The van der Waals surface area contributed by atoms with Crippen molar-refractivity contribution in [1.29, 1.82) is 0 Å². The van der Waals surface area contributed by atoms with E-state index in [4.69, 9.17) is 5.10 Å². The number of benzene rings is 1. The molecule has 4 aromatic rings. The molecule has 1 N–H and O–H groups in total. The predicted octanol–water partition coefficient (Wildman–Crippen LogP) is 6.15. The summed E-state index contributed by atoms with van der Waals surface area (Å²) >= 11 is 3.42. The Labute approximate surface area is 301 Å². The Morgan fingerprint density at radius 2 is 1.76 bits per heavy atom. The molecule has 1 saturated heterocycles. The topological polar surface area (TPSA) is 126 Å². The van der Waals surface area contributed by atoms with Crippen LogP contribution in [0.15, 0.2) is 41.3 Å². The van der Waals surface area contributed by atoms with E-state index in [9.17, 15) is 14.4 Å². The largest absolute Gasteiger partial charge is 0.325 e. The number of pyridine rings is 1. The smallest absolute Gasteiger partial charge is 0.248 e. The minimum atomic E-state index is -0.655. The number of piperidine rings is 1. The first-order valence-electron chi connectivity index (χ1n) is 17.7. The number of rotatable bonds is 4. The molecule has 4 atom stereocenters. The van der Waals surface area contributed by atoms with Crippen molar-refractivity contribution < 1.29 is 14.4 Å². The third kappa shape index (κ3) is 6.36. The molecule has 2 fully saturated rings. The highest BCUT2D eigenvalue weighted by Crippen LogP contribution is 2.64. The van der Waals surface area contributed by atoms with Crippen molar-refractivity contribution in [3.63, 3.8) is 0 Å². The number of ketones is 1. The monoisotopic (exact) mass is 740 g/mol. The maximum Gasteiger partial charge on any atom is 0.248 e. The van der Waals surface area contributed by atoms with Gasteiger partial charge in [0.05, 0.1) is 5.52 Å². The molecular formula is C38H45BrN8O3. The van der Waals surface area contributed by atoms with Gasteiger partial charge in [-0.1, -0.05) is 32.3 Å². The molecule has 2 amide bonds. The average molecular weight is 742 g/mol. The number of aryl methyl sites for hydroxylation is 3. The first kappa shape index (κ1) is 34.4. The van der Waals surface area contributed by atoms with Crippen LogP contribution in [0.4, 0.5) is 5.82 Å². The number of halogens is 1. The lowest BCUT2D eigenvalue weighted by molar-refractivity contribution is -0.138. The molecule has 11 nitrogen and oxygen atoms in total. The van der Waals surface area contributed by atoms with Crippen LogP contribution in [0, 0.1) is 25.2 Å². The van der Waals surface area contributed by atoms with Crippen molar-refractivity contribution in [2.75, 3.05) is 25.5 Å². The Morgan fingerprint density at radius 1 is 1.02 bits per heavy atom. The van der Waals surface area contributed by atoms with Crippen molar-refractivity contribution in [3.05, 3.63) is 63.9 Å². The summed E-state index contributed by atoms with van der Waals surface area (Å²) in [7, 11) is 2.16. The quantitative estimate of drug-likeness (QED) is 0.195. The van der Waals surface area contributed by atoms with Crippen LogP contribution in [-0.4, -0.2) is 84.4 Å². The summed E-state index contributed by atoms with van der Waals surface area (Å²) in [5, 5.41) is 8.58. The van der Waals surface area contributed by atoms with Gasteiger partial charge >= 0.3 is 0 Å². The number of hydrogen-bond donors (Lipinski definition) is 1. The molecule has 1 aliphatic carbocycles. The van der Waals surface area contributed by atoms with E-state index in [0.717, 1.165) is 84.8 Å².